The zero-order valence-corrected chi connectivity index (χ0v) is 18.4. The predicted molar refractivity (Wildman–Crippen MR) is 111 cm³/mol. The Kier molecular flexibility index (Phi) is 6.75. The van der Waals surface area contributed by atoms with Crippen molar-refractivity contribution in [1.29, 1.82) is 0 Å². The molecular formula is C17H18Cl2F3N5O3S. The molecule has 8 nitrogen and oxygen atoms in total. The lowest BCUT2D eigenvalue weighted by molar-refractivity contribution is -0.147. The summed E-state index contributed by atoms with van der Waals surface area (Å²) in [7, 11) is -4.63. The van der Waals surface area contributed by atoms with Gasteiger partial charge in [-0.05, 0) is 38.3 Å². The van der Waals surface area contributed by atoms with E-state index < -0.39 is 28.3 Å². The van der Waals surface area contributed by atoms with Crippen molar-refractivity contribution in [3.63, 3.8) is 0 Å². The first-order valence-electron chi connectivity index (χ1n) is 9.09. The molecule has 3 heterocycles. The summed E-state index contributed by atoms with van der Waals surface area (Å²) in [6.45, 7) is 1.07. The molecule has 170 valence electrons. The third-order valence-corrected chi connectivity index (χ3v) is 6.33. The maximum Gasteiger partial charge on any atom is 0.404 e. The van der Waals surface area contributed by atoms with Gasteiger partial charge in [0.1, 0.15) is 16.9 Å². The molecule has 2 aromatic heterocycles. The van der Waals surface area contributed by atoms with Gasteiger partial charge in [-0.2, -0.15) is 26.3 Å². The van der Waals surface area contributed by atoms with E-state index in [9.17, 15) is 26.4 Å². The first kappa shape index (κ1) is 23.6. The highest BCUT2D eigenvalue weighted by Crippen LogP contribution is 2.37. The molecule has 0 saturated carbocycles. The Morgan fingerprint density at radius 3 is 2.65 bits per heavy atom. The van der Waals surface area contributed by atoms with Crippen molar-refractivity contribution >= 4 is 50.7 Å². The molecule has 1 amide bonds. The number of hydrogen-bond donors (Lipinski definition) is 3. The third-order valence-electron chi connectivity index (χ3n) is 4.62. The molecule has 0 fully saturated rings. The van der Waals surface area contributed by atoms with Crippen molar-refractivity contribution in [3.05, 3.63) is 39.9 Å². The van der Waals surface area contributed by atoms with Gasteiger partial charge in [-0.3, -0.25) is 9.52 Å². The second kappa shape index (κ2) is 8.85. The van der Waals surface area contributed by atoms with Crippen LogP contribution in [0.25, 0.3) is 0 Å². The Morgan fingerprint density at radius 2 is 2.00 bits per heavy atom. The third kappa shape index (κ3) is 5.43. The summed E-state index contributed by atoms with van der Waals surface area (Å²) in [5.41, 5.74) is 0.626. The van der Waals surface area contributed by atoms with Crippen LogP contribution >= 0.6 is 23.2 Å². The number of nitrogens with one attached hydrogen (secondary N) is 3. The maximum atomic E-state index is 12.9. The van der Waals surface area contributed by atoms with E-state index in [0.717, 1.165) is 6.42 Å². The Balaban J connectivity index is 1.94. The number of alkyl halides is 3. The van der Waals surface area contributed by atoms with Gasteiger partial charge in [0.25, 0.3) is 16.1 Å². The van der Waals surface area contributed by atoms with Gasteiger partial charge in [-0.25, -0.2) is 4.98 Å². The van der Waals surface area contributed by atoms with Crippen molar-refractivity contribution < 1.29 is 26.4 Å². The number of hydrogen-bond acceptors (Lipinski definition) is 4. The molecule has 3 rings (SSSR count). The second-order valence-electron chi connectivity index (χ2n) is 6.90. The van der Waals surface area contributed by atoms with E-state index in [-0.39, 0.29) is 21.6 Å². The van der Waals surface area contributed by atoms with Crippen molar-refractivity contribution in [2.45, 2.75) is 44.9 Å². The molecule has 1 atom stereocenters. The van der Waals surface area contributed by atoms with Crippen LogP contribution in [0, 0.1) is 0 Å². The van der Waals surface area contributed by atoms with E-state index in [1.165, 1.54) is 23.1 Å². The molecule has 0 radical (unpaired) electrons. The second-order valence-corrected chi connectivity index (χ2v) is 9.11. The molecule has 0 bridgehead atoms. The van der Waals surface area contributed by atoms with E-state index in [2.05, 4.69) is 15.0 Å². The SMILES string of the molecule is CC(NS(=O)(=O)Nc1c(Cl)c(C(=O)Nc2ccnc(Cl)c2)n2c1CCCC2)C(F)(F)F. The van der Waals surface area contributed by atoms with Crippen molar-refractivity contribution in [2.24, 2.45) is 0 Å². The minimum Gasteiger partial charge on any atom is -0.337 e. The number of anilines is 2. The van der Waals surface area contributed by atoms with Gasteiger partial charge in [-0.1, -0.05) is 23.2 Å². The standard InChI is InChI=1S/C17H18Cl2F3N5O3S/c1-9(17(20,21)22)25-31(29,30)26-14-11-4-2-3-7-27(11)15(13(14)19)16(28)24-10-5-6-23-12(18)8-10/h5-6,8-9,25-26H,2-4,7H2,1H3,(H,23,24,28). The molecule has 1 aliphatic rings. The summed E-state index contributed by atoms with van der Waals surface area (Å²) in [4.78, 5) is 16.7. The molecule has 0 aromatic carbocycles. The molecule has 3 N–H and O–H groups in total. The van der Waals surface area contributed by atoms with Gasteiger partial charge in [-0.15, -0.1) is 0 Å². The van der Waals surface area contributed by atoms with Crippen LogP contribution in [-0.2, 0) is 23.2 Å². The molecule has 1 aliphatic heterocycles. The molecule has 0 aliphatic carbocycles. The molecule has 0 spiro atoms. The van der Waals surface area contributed by atoms with Crippen LogP contribution < -0.4 is 14.8 Å². The number of fused-ring (bicyclic) bond motifs is 1. The first-order valence-corrected chi connectivity index (χ1v) is 11.3. The van der Waals surface area contributed by atoms with Gasteiger partial charge < -0.3 is 9.88 Å². The topological polar surface area (TPSA) is 105 Å². The van der Waals surface area contributed by atoms with Gasteiger partial charge in [0.15, 0.2) is 0 Å². The van der Waals surface area contributed by atoms with Gasteiger partial charge in [0.05, 0.1) is 10.7 Å². The van der Waals surface area contributed by atoms with E-state index in [1.807, 2.05) is 0 Å². The van der Waals surface area contributed by atoms with Crippen molar-refractivity contribution in [2.75, 3.05) is 10.0 Å². The molecular weight excluding hydrogens is 482 g/mol. The number of pyridine rings is 1. The Hall–Kier alpha value is -2.02. The molecule has 31 heavy (non-hydrogen) atoms. The number of halogens is 5. The lowest BCUT2D eigenvalue weighted by atomic mass is 10.1. The van der Waals surface area contributed by atoms with Crippen LogP contribution in [0.15, 0.2) is 18.3 Å². The average molecular weight is 500 g/mol. The van der Waals surface area contributed by atoms with E-state index in [1.54, 1.807) is 4.57 Å². The Bertz CT molecular complexity index is 1110. The van der Waals surface area contributed by atoms with Crippen LogP contribution in [0.1, 0.15) is 35.9 Å². The van der Waals surface area contributed by atoms with Crippen LogP contribution in [0.2, 0.25) is 10.2 Å². The smallest absolute Gasteiger partial charge is 0.337 e. The number of nitrogens with zero attached hydrogens (tertiary/aromatic N) is 2. The maximum absolute atomic E-state index is 12.9. The number of carbonyl (C=O) groups excluding carboxylic acids is 1. The lowest BCUT2D eigenvalue weighted by Gasteiger charge is -2.20. The molecule has 2 aromatic rings. The fourth-order valence-corrected chi connectivity index (χ4v) is 4.88. The Morgan fingerprint density at radius 1 is 1.29 bits per heavy atom. The summed E-state index contributed by atoms with van der Waals surface area (Å²) in [5, 5.41) is 2.55. The number of carbonyl (C=O) groups is 1. The van der Waals surface area contributed by atoms with Crippen LogP contribution in [0.4, 0.5) is 24.5 Å². The van der Waals surface area contributed by atoms with E-state index >= 15 is 0 Å². The average Bonchev–Trinajstić information content (AvgIpc) is 2.92. The highest BCUT2D eigenvalue weighted by atomic mass is 35.5. The number of amides is 1. The highest BCUT2D eigenvalue weighted by molar-refractivity contribution is 7.90. The van der Waals surface area contributed by atoms with Gasteiger partial charge >= 0.3 is 6.18 Å². The summed E-state index contributed by atoms with van der Waals surface area (Å²) < 4.78 is 68.0. The largest absolute Gasteiger partial charge is 0.404 e. The molecule has 1 unspecified atom stereocenters. The molecule has 14 heteroatoms. The normalized spacial score (nSPS) is 15.3. The van der Waals surface area contributed by atoms with Gasteiger partial charge in [0.2, 0.25) is 0 Å². The quantitative estimate of drug-likeness (QED) is 0.522. The van der Waals surface area contributed by atoms with Crippen LogP contribution in [0.3, 0.4) is 0 Å². The van der Waals surface area contributed by atoms with E-state index in [0.29, 0.717) is 37.7 Å². The van der Waals surface area contributed by atoms with E-state index in [4.69, 9.17) is 23.2 Å². The monoisotopic (exact) mass is 499 g/mol. The lowest BCUT2D eigenvalue weighted by Crippen LogP contribution is -2.45. The zero-order valence-electron chi connectivity index (χ0n) is 16.1. The molecule has 0 saturated heterocycles. The minimum atomic E-state index is -4.77. The first-order chi connectivity index (χ1) is 14.4. The van der Waals surface area contributed by atoms with Crippen molar-refractivity contribution in [1.82, 2.24) is 14.3 Å². The summed E-state index contributed by atoms with van der Waals surface area (Å²) in [5.74, 6) is -0.627. The fourth-order valence-electron chi connectivity index (χ4n) is 3.16. The Labute approximate surface area is 186 Å². The summed E-state index contributed by atoms with van der Waals surface area (Å²) >= 11 is 12.2. The summed E-state index contributed by atoms with van der Waals surface area (Å²) in [6.07, 6.45) is -1.58. The van der Waals surface area contributed by atoms with Crippen LogP contribution in [-0.4, -0.2) is 36.1 Å². The highest BCUT2D eigenvalue weighted by Gasteiger charge is 2.39. The number of aromatic nitrogens is 2. The fraction of sp³-hybridized carbons (Fsp3) is 0.412. The van der Waals surface area contributed by atoms with Crippen LogP contribution in [0.5, 0.6) is 0 Å². The van der Waals surface area contributed by atoms with Gasteiger partial charge in [0, 0.05) is 24.1 Å². The summed E-state index contributed by atoms with van der Waals surface area (Å²) in [6, 6.07) is 0.602. The zero-order chi connectivity index (χ0) is 23.0. The minimum absolute atomic E-state index is 0.00845. The number of rotatable bonds is 6. The predicted octanol–water partition coefficient (Wildman–Crippen LogP) is 3.98. The van der Waals surface area contributed by atoms with Crippen molar-refractivity contribution in [3.8, 4) is 0 Å².